The Morgan fingerprint density at radius 1 is 0.933 bits per heavy atom. The molecule has 4 aromatic rings. The second-order valence-corrected chi connectivity index (χ2v) is 10.8. The van der Waals surface area contributed by atoms with Gasteiger partial charge in [-0.3, -0.25) is 20.0 Å². The standard InChI is InChI=1S/C32H36N6O7/c1-4-5-14-28(39)36(29(21(2)3)32(41)42)19-22-15-17-23(18-16-22)25-11-8-9-13-27(25)30-33-35-37(34-30)31(40)26-12-7-6-10-24(26)20-45-38(43)44/h6-13,15-18,21,29,43-44H,4-5,14,19-20H2,1-3H3,(H,41,42)/t29-/m0/s1. The van der Waals surface area contributed by atoms with Crippen LogP contribution in [0.2, 0.25) is 0 Å². The molecule has 0 saturated heterocycles. The third-order valence-electron chi connectivity index (χ3n) is 7.25. The van der Waals surface area contributed by atoms with Crippen LogP contribution < -0.4 is 0 Å². The second-order valence-electron chi connectivity index (χ2n) is 10.8. The van der Waals surface area contributed by atoms with Gasteiger partial charge in [-0.15, -0.1) is 10.2 Å². The first-order valence-electron chi connectivity index (χ1n) is 14.5. The zero-order valence-corrected chi connectivity index (χ0v) is 25.3. The molecule has 1 amide bonds. The normalized spacial score (nSPS) is 12.0. The van der Waals surface area contributed by atoms with E-state index in [1.54, 1.807) is 32.0 Å². The first-order valence-corrected chi connectivity index (χ1v) is 14.5. The zero-order valence-electron chi connectivity index (χ0n) is 25.3. The van der Waals surface area contributed by atoms with E-state index in [1.165, 1.54) is 11.0 Å². The van der Waals surface area contributed by atoms with Crippen LogP contribution in [0.15, 0.2) is 72.8 Å². The first kappa shape index (κ1) is 33.1. The van der Waals surface area contributed by atoms with Crippen molar-refractivity contribution >= 4 is 17.8 Å². The van der Waals surface area contributed by atoms with Gasteiger partial charge in [0.25, 0.3) is 5.91 Å². The maximum absolute atomic E-state index is 13.2. The summed E-state index contributed by atoms with van der Waals surface area (Å²) in [5.74, 6) is -1.85. The highest BCUT2D eigenvalue weighted by atomic mass is 17.1. The van der Waals surface area contributed by atoms with Gasteiger partial charge in [0.05, 0.1) is 12.0 Å². The molecule has 0 bridgehead atoms. The Morgan fingerprint density at radius 3 is 2.24 bits per heavy atom. The van der Waals surface area contributed by atoms with Crippen molar-refractivity contribution < 1.29 is 34.7 Å². The highest BCUT2D eigenvalue weighted by molar-refractivity contribution is 5.96. The van der Waals surface area contributed by atoms with E-state index in [0.717, 1.165) is 27.9 Å². The molecule has 0 fully saturated rings. The van der Waals surface area contributed by atoms with Gasteiger partial charge in [-0.25, -0.2) is 9.63 Å². The van der Waals surface area contributed by atoms with Crippen LogP contribution in [-0.2, 0) is 27.6 Å². The Morgan fingerprint density at radius 2 is 1.60 bits per heavy atom. The minimum absolute atomic E-state index is 0.165. The van der Waals surface area contributed by atoms with Gasteiger partial charge < -0.3 is 10.0 Å². The summed E-state index contributed by atoms with van der Waals surface area (Å²) in [7, 11) is 0. The van der Waals surface area contributed by atoms with E-state index in [0.29, 0.717) is 17.5 Å². The van der Waals surface area contributed by atoms with Gasteiger partial charge >= 0.3 is 5.97 Å². The van der Waals surface area contributed by atoms with Crippen molar-refractivity contribution in [2.45, 2.75) is 59.2 Å². The molecular formula is C32H36N6O7. The molecular weight excluding hydrogens is 580 g/mol. The number of hydrogen-bond acceptors (Lipinski definition) is 10. The number of hydrogen-bond donors (Lipinski definition) is 3. The quantitative estimate of drug-likeness (QED) is 0.166. The van der Waals surface area contributed by atoms with E-state index >= 15 is 0 Å². The van der Waals surface area contributed by atoms with Gasteiger partial charge in [-0.1, -0.05) is 98.7 Å². The Labute approximate surface area is 260 Å². The van der Waals surface area contributed by atoms with E-state index in [-0.39, 0.29) is 42.8 Å². The topological polar surface area (TPSA) is 171 Å². The van der Waals surface area contributed by atoms with Crippen LogP contribution in [0.1, 0.15) is 61.5 Å². The van der Waals surface area contributed by atoms with Gasteiger partial charge in [0, 0.05) is 24.1 Å². The lowest BCUT2D eigenvalue weighted by Gasteiger charge is -2.32. The predicted octanol–water partition coefficient (Wildman–Crippen LogP) is 4.84. The maximum Gasteiger partial charge on any atom is 0.326 e. The molecule has 0 aliphatic rings. The zero-order chi connectivity index (χ0) is 32.5. The SMILES string of the molecule is CCCCC(=O)N(Cc1ccc(-c2ccccc2-c2nnn(C(=O)c3ccccc3CON(O)O)n2)cc1)[C@H](C(=O)O)C(C)C. The number of aliphatic carboxylic acids is 1. The molecule has 0 saturated carbocycles. The molecule has 236 valence electrons. The van der Waals surface area contributed by atoms with Crippen molar-refractivity contribution in [3.05, 3.63) is 89.5 Å². The Hall–Kier alpha value is -4.82. The van der Waals surface area contributed by atoms with Crippen molar-refractivity contribution in [1.29, 1.82) is 0 Å². The number of carboxylic acids is 1. The predicted molar refractivity (Wildman–Crippen MR) is 161 cm³/mol. The van der Waals surface area contributed by atoms with Crippen molar-refractivity contribution in [2.75, 3.05) is 0 Å². The number of carbonyl (C=O) groups excluding carboxylic acids is 2. The average molecular weight is 617 g/mol. The molecule has 4 rings (SSSR count). The molecule has 45 heavy (non-hydrogen) atoms. The molecule has 0 aliphatic heterocycles. The summed E-state index contributed by atoms with van der Waals surface area (Å²) in [5.41, 5.74) is 3.58. The van der Waals surface area contributed by atoms with E-state index < -0.39 is 23.3 Å². The average Bonchev–Trinajstić information content (AvgIpc) is 3.52. The van der Waals surface area contributed by atoms with Crippen LogP contribution in [0.25, 0.3) is 22.5 Å². The fraction of sp³-hybridized carbons (Fsp3) is 0.312. The summed E-state index contributed by atoms with van der Waals surface area (Å²) in [6.45, 7) is 5.46. The molecule has 0 unspecified atom stereocenters. The number of carboxylic acid groups (broad SMARTS) is 1. The highest BCUT2D eigenvalue weighted by Crippen LogP contribution is 2.30. The van der Waals surface area contributed by atoms with Gasteiger partial charge in [0.15, 0.2) is 0 Å². The molecule has 13 nitrogen and oxygen atoms in total. The third kappa shape index (κ3) is 8.22. The summed E-state index contributed by atoms with van der Waals surface area (Å²) < 4.78 is 0. The van der Waals surface area contributed by atoms with Crippen LogP contribution in [0.4, 0.5) is 0 Å². The molecule has 3 N–H and O–H groups in total. The monoisotopic (exact) mass is 616 g/mol. The van der Waals surface area contributed by atoms with Crippen molar-refractivity contribution in [2.24, 2.45) is 5.92 Å². The van der Waals surface area contributed by atoms with Gasteiger partial charge in [-0.2, -0.15) is 0 Å². The third-order valence-corrected chi connectivity index (χ3v) is 7.25. The molecule has 0 spiro atoms. The Bertz CT molecular complexity index is 1620. The van der Waals surface area contributed by atoms with Crippen LogP contribution >= 0.6 is 0 Å². The number of amides is 1. The number of rotatable bonds is 14. The van der Waals surface area contributed by atoms with Gasteiger partial charge in [-0.05, 0) is 45.9 Å². The van der Waals surface area contributed by atoms with E-state index in [4.69, 9.17) is 10.4 Å². The van der Waals surface area contributed by atoms with E-state index in [1.807, 2.05) is 55.5 Å². The number of aromatic nitrogens is 4. The van der Waals surface area contributed by atoms with E-state index in [2.05, 4.69) is 20.2 Å². The molecule has 1 heterocycles. The smallest absolute Gasteiger partial charge is 0.326 e. The minimum Gasteiger partial charge on any atom is -0.480 e. The first-order chi connectivity index (χ1) is 21.6. The summed E-state index contributed by atoms with van der Waals surface area (Å²) in [6.07, 6.45) is 1.81. The Balaban J connectivity index is 1.59. The number of tetrazole rings is 1. The van der Waals surface area contributed by atoms with Crippen LogP contribution in [0.3, 0.4) is 0 Å². The fourth-order valence-electron chi connectivity index (χ4n) is 5.01. The summed E-state index contributed by atoms with van der Waals surface area (Å²) in [5, 5.41) is 39.6. The molecule has 0 radical (unpaired) electrons. The molecule has 1 aromatic heterocycles. The number of nitrogens with zero attached hydrogens (tertiary/aromatic N) is 6. The Kier molecular flexibility index (Phi) is 11.2. The van der Waals surface area contributed by atoms with Crippen LogP contribution in [-0.4, -0.2) is 69.8 Å². The second kappa shape index (κ2) is 15.3. The summed E-state index contributed by atoms with van der Waals surface area (Å²) in [4.78, 5) is 45.3. The molecule has 0 aliphatic carbocycles. The number of carbonyl (C=O) groups is 3. The maximum atomic E-state index is 13.2. The summed E-state index contributed by atoms with van der Waals surface area (Å²) in [6, 6.07) is 20.4. The summed E-state index contributed by atoms with van der Waals surface area (Å²) >= 11 is 0. The molecule has 3 aromatic carbocycles. The number of benzene rings is 3. The lowest BCUT2D eigenvalue weighted by atomic mass is 9.97. The van der Waals surface area contributed by atoms with Crippen molar-refractivity contribution in [1.82, 2.24) is 30.5 Å². The highest BCUT2D eigenvalue weighted by Gasteiger charge is 2.32. The molecule has 13 heteroatoms. The van der Waals surface area contributed by atoms with Crippen molar-refractivity contribution in [3.63, 3.8) is 0 Å². The lowest BCUT2D eigenvalue weighted by molar-refractivity contribution is -0.497. The minimum atomic E-state index is -1.03. The largest absolute Gasteiger partial charge is 0.480 e. The van der Waals surface area contributed by atoms with Crippen LogP contribution in [0.5, 0.6) is 0 Å². The molecule has 1 atom stereocenters. The fourth-order valence-corrected chi connectivity index (χ4v) is 5.01. The lowest BCUT2D eigenvalue weighted by Crippen LogP contribution is -2.47. The van der Waals surface area contributed by atoms with E-state index in [9.17, 15) is 19.5 Å². The van der Waals surface area contributed by atoms with Crippen molar-refractivity contribution in [3.8, 4) is 22.5 Å². The number of unbranched alkanes of at least 4 members (excludes halogenated alkanes) is 1. The van der Waals surface area contributed by atoms with Crippen LogP contribution in [0, 0.1) is 5.92 Å². The van der Waals surface area contributed by atoms with Gasteiger partial charge in [0.1, 0.15) is 6.04 Å². The van der Waals surface area contributed by atoms with Gasteiger partial charge in [0.2, 0.25) is 11.7 Å².